The van der Waals surface area contributed by atoms with Crippen molar-refractivity contribution in [3.05, 3.63) is 42.0 Å². The highest BCUT2D eigenvalue weighted by Crippen LogP contribution is 2.33. The Morgan fingerprint density at radius 3 is 2.69 bits per heavy atom. The van der Waals surface area contributed by atoms with Crippen molar-refractivity contribution >= 4 is 34.2 Å². The summed E-state index contributed by atoms with van der Waals surface area (Å²) in [6, 6.07) is 10.2. The van der Waals surface area contributed by atoms with E-state index in [1.807, 2.05) is 18.2 Å². The molecule has 3 rings (SSSR count). The van der Waals surface area contributed by atoms with E-state index in [1.165, 1.54) is 6.33 Å². The summed E-state index contributed by atoms with van der Waals surface area (Å²) in [4.78, 5) is 9.26. The second kappa shape index (κ2) is 3.81. The van der Waals surface area contributed by atoms with Crippen molar-refractivity contribution in [2.24, 2.45) is 0 Å². The quantitative estimate of drug-likeness (QED) is 0.484. The molecule has 0 aliphatic carbocycles. The van der Waals surface area contributed by atoms with Gasteiger partial charge in [0.1, 0.15) is 11.2 Å². The molecule has 0 bridgehead atoms. The summed E-state index contributed by atoms with van der Waals surface area (Å²) in [5.74, 6) is 0. The molecule has 0 aliphatic rings. The van der Waals surface area contributed by atoms with Crippen LogP contribution in [0.2, 0.25) is 0 Å². The predicted octanol–water partition coefficient (Wildman–Crippen LogP) is 3.26. The van der Waals surface area contributed by atoms with Crippen molar-refractivity contribution < 1.29 is 0 Å². The van der Waals surface area contributed by atoms with E-state index in [9.17, 15) is 0 Å². The molecular formula is C12H7N2S2-. The van der Waals surface area contributed by atoms with Crippen LogP contribution in [0.25, 0.3) is 21.3 Å². The van der Waals surface area contributed by atoms with Gasteiger partial charge in [0.15, 0.2) is 0 Å². The molecule has 0 N–H and O–H groups in total. The van der Waals surface area contributed by atoms with Gasteiger partial charge < -0.3 is 12.6 Å². The molecule has 0 spiro atoms. The van der Waals surface area contributed by atoms with Gasteiger partial charge in [0.2, 0.25) is 0 Å². The summed E-state index contributed by atoms with van der Waals surface area (Å²) in [6.07, 6.45) is 1.52. The topological polar surface area (TPSA) is 25.8 Å². The highest BCUT2D eigenvalue weighted by molar-refractivity contribution is 7.59. The smallest absolute Gasteiger partial charge is 0.125 e. The molecule has 0 saturated carbocycles. The van der Waals surface area contributed by atoms with Crippen LogP contribution in [-0.2, 0) is 12.6 Å². The van der Waals surface area contributed by atoms with Crippen molar-refractivity contribution in [3.8, 4) is 11.1 Å². The Morgan fingerprint density at radius 2 is 1.88 bits per heavy atom. The number of aromatic nitrogens is 2. The van der Waals surface area contributed by atoms with Crippen LogP contribution in [0, 0.1) is 0 Å². The highest BCUT2D eigenvalue weighted by atomic mass is 32.1. The first-order valence-electron chi connectivity index (χ1n) is 4.81. The van der Waals surface area contributed by atoms with Crippen LogP contribution in [0.3, 0.4) is 0 Å². The lowest BCUT2D eigenvalue weighted by atomic mass is 10.1. The molecule has 0 amide bonds. The van der Waals surface area contributed by atoms with E-state index in [2.05, 4.69) is 27.5 Å². The fraction of sp³-hybridized carbons (Fsp3) is 0. The van der Waals surface area contributed by atoms with E-state index in [-0.39, 0.29) is 0 Å². The molecule has 0 radical (unpaired) electrons. The number of hydrogen-bond donors (Lipinski definition) is 0. The first-order chi connectivity index (χ1) is 7.86. The van der Waals surface area contributed by atoms with Crippen molar-refractivity contribution in [3.63, 3.8) is 0 Å². The molecule has 0 aliphatic heterocycles. The van der Waals surface area contributed by atoms with Gasteiger partial charge in [-0.3, -0.25) is 4.98 Å². The van der Waals surface area contributed by atoms with E-state index >= 15 is 0 Å². The standard InChI is InChI=1S/C12H8N2S2/c15-11-10-9(8-4-2-1-3-5-8)6-16-12(10)14-7-13-11/h1-7H,(H,13,14,15)/p-1. The number of hydrogen-bond acceptors (Lipinski definition) is 4. The summed E-state index contributed by atoms with van der Waals surface area (Å²) in [6.45, 7) is 0. The van der Waals surface area contributed by atoms with E-state index in [0.29, 0.717) is 5.03 Å². The highest BCUT2D eigenvalue weighted by Gasteiger charge is 2.06. The Kier molecular flexibility index (Phi) is 2.31. The van der Waals surface area contributed by atoms with Gasteiger partial charge in [-0.05, 0) is 5.56 Å². The number of thiophene rings is 1. The molecule has 2 aromatic heterocycles. The monoisotopic (exact) mass is 243 g/mol. The Balaban J connectivity index is 2.33. The minimum atomic E-state index is 0.630. The largest absolute Gasteiger partial charge is 0.759 e. The third-order valence-electron chi connectivity index (χ3n) is 2.42. The molecule has 4 heteroatoms. The van der Waals surface area contributed by atoms with E-state index in [4.69, 9.17) is 12.6 Å². The van der Waals surface area contributed by atoms with Crippen LogP contribution in [0.15, 0.2) is 47.1 Å². The van der Waals surface area contributed by atoms with Gasteiger partial charge in [0, 0.05) is 16.3 Å². The summed E-state index contributed by atoms with van der Waals surface area (Å²) in [5, 5.41) is 3.71. The van der Waals surface area contributed by atoms with Gasteiger partial charge >= 0.3 is 0 Å². The Labute approximate surface area is 102 Å². The molecule has 0 fully saturated rings. The maximum atomic E-state index is 5.25. The lowest BCUT2D eigenvalue weighted by Crippen LogP contribution is -1.84. The van der Waals surface area contributed by atoms with Crippen LogP contribution in [0.4, 0.5) is 0 Å². The molecule has 0 unspecified atom stereocenters. The Hall–Kier alpha value is -1.52. The van der Waals surface area contributed by atoms with Crippen molar-refractivity contribution in [2.75, 3.05) is 0 Å². The summed E-state index contributed by atoms with van der Waals surface area (Å²) >= 11 is 6.86. The van der Waals surface area contributed by atoms with Crippen LogP contribution in [0.5, 0.6) is 0 Å². The molecule has 3 aromatic rings. The zero-order chi connectivity index (χ0) is 11.0. The maximum Gasteiger partial charge on any atom is 0.125 e. The fourth-order valence-corrected chi connectivity index (χ4v) is 2.91. The average molecular weight is 243 g/mol. The lowest BCUT2D eigenvalue weighted by molar-refractivity contribution is 1.11. The van der Waals surface area contributed by atoms with Gasteiger partial charge in [0.25, 0.3) is 0 Å². The summed E-state index contributed by atoms with van der Waals surface area (Å²) < 4.78 is 0. The minimum absolute atomic E-state index is 0.630. The second-order valence-electron chi connectivity index (χ2n) is 3.37. The van der Waals surface area contributed by atoms with E-state index in [1.54, 1.807) is 11.3 Å². The SMILES string of the molecule is [S-]c1ncnc2scc(-c3ccccc3)c12. The van der Waals surface area contributed by atoms with E-state index in [0.717, 1.165) is 21.3 Å². The van der Waals surface area contributed by atoms with Crippen LogP contribution in [0.1, 0.15) is 0 Å². The van der Waals surface area contributed by atoms with Crippen molar-refractivity contribution in [1.82, 2.24) is 9.97 Å². The normalized spacial score (nSPS) is 10.8. The third kappa shape index (κ3) is 1.47. The predicted molar refractivity (Wildman–Crippen MR) is 68.5 cm³/mol. The molecule has 16 heavy (non-hydrogen) atoms. The molecule has 78 valence electrons. The minimum Gasteiger partial charge on any atom is -0.759 e. The fourth-order valence-electron chi connectivity index (χ4n) is 1.68. The van der Waals surface area contributed by atoms with Crippen molar-refractivity contribution in [1.29, 1.82) is 0 Å². The lowest BCUT2D eigenvalue weighted by Gasteiger charge is -2.07. The van der Waals surface area contributed by atoms with Gasteiger partial charge in [-0.15, -0.1) is 11.3 Å². The second-order valence-corrected chi connectivity index (χ2v) is 4.62. The van der Waals surface area contributed by atoms with Crippen LogP contribution < -0.4 is 0 Å². The maximum absolute atomic E-state index is 5.25. The van der Waals surface area contributed by atoms with E-state index < -0.39 is 0 Å². The molecule has 2 heterocycles. The number of fused-ring (bicyclic) bond motifs is 1. The zero-order valence-corrected chi connectivity index (χ0v) is 9.89. The Bertz CT molecular complexity index is 632. The third-order valence-corrected chi connectivity index (χ3v) is 3.62. The van der Waals surface area contributed by atoms with Crippen molar-refractivity contribution in [2.45, 2.75) is 5.03 Å². The summed E-state index contributed by atoms with van der Waals surface area (Å²) in [5.41, 5.74) is 2.29. The van der Waals surface area contributed by atoms with Crippen LogP contribution in [-0.4, -0.2) is 9.97 Å². The molecular weight excluding hydrogens is 236 g/mol. The van der Waals surface area contributed by atoms with Gasteiger partial charge in [0.05, 0.1) is 0 Å². The Morgan fingerprint density at radius 1 is 1.06 bits per heavy atom. The number of nitrogens with zero attached hydrogens (tertiary/aromatic N) is 2. The molecule has 1 aromatic carbocycles. The first-order valence-corrected chi connectivity index (χ1v) is 6.09. The van der Waals surface area contributed by atoms with Gasteiger partial charge in [-0.2, -0.15) is 0 Å². The first kappa shape index (κ1) is 9.69. The number of rotatable bonds is 1. The zero-order valence-electron chi connectivity index (χ0n) is 8.25. The average Bonchev–Trinajstić information content (AvgIpc) is 2.75. The van der Waals surface area contributed by atoms with Gasteiger partial charge in [-0.1, -0.05) is 35.4 Å². The van der Waals surface area contributed by atoms with Gasteiger partial charge in [-0.25, -0.2) is 4.98 Å². The molecule has 0 saturated heterocycles. The molecule has 0 atom stereocenters. The van der Waals surface area contributed by atoms with Crippen LogP contribution >= 0.6 is 11.3 Å². The summed E-state index contributed by atoms with van der Waals surface area (Å²) in [7, 11) is 0. The number of benzene rings is 1. The molecule has 2 nitrogen and oxygen atoms in total.